The van der Waals surface area contributed by atoms with E-state index >= 15 is 0 Å². The van der Waals surface area contributed by atoms with Gasteiger partial charge in [0, 0.05) is 0 Å². The molecule has 17 heavy (non-hydrogen) atoms. The second kappa shape index (κ2) is 6.80. The van der Waals surface area contributed by atoms with Gasteiger partial charge >= 0.3 is 0 Å². The molecular weight excluding hydrogens is 206 g/mol. The second-order valence-corrected chi connectivity index (χ2v) is 5.57. The molecule has 0 saturated heterocycles. The molecule has 0 heterocycles. The van der Waals surface area contributed by atoms with Gasteiger partial charge in [-0.3, -0.25) is 0 Å². The maximum Gasteiger partial charge on any atom is -0.000824 e. The van der Waals surface area contributed by atoms with Crippen molar-refractivity contribution in [2.24, 2.45) is 11.8 Å². The summed E-state index contributed by atoms with van der Waals surface area (Å²) >= 11 is 0. The molecular formula is C16H25N. The molecule has 0 unspecified atom stereocenters. The van der Waals surface area contributed by atoms with Crippen molar-refractivity contribution in [3.05, 3.63) is 35.9 Å². The summed E-state index contributed by atoms with van der Waals surface area (Å²) in [6.45, 7) is 4.73. The maximum atomic E-state index is 3.62. The van der Waals surface area contributed by atoms with Gasteiger partial charge in [-0.15, -0.1) is 0 Å². The van der Waals surface area contributed by atoms with Crippen LogP contribution in [0.15, 0.2) is 30.3 Å². The molecule has 1 aromatic carbocycles. The lowest BCUT2D eigenvalue weighted by atomic mass is 9.83. The van der Waals surface area contributed by atoms with Crippen molar-refractivity contribution in [1.29, 1.82) is 0 Å². The van der Waals surface area contributed by atoms with E-state index in [1.54, 1.807) is 0 Å². The first-order valence-corrected chi connectivity index (χ1v) is 7.09. The average molecular weight is 231 g/mol. The molecule has 2 rings (SSSR count). The van der Waals surface area contributed by atoms with Gasteiger partial charge in [0.25, 0.3) is 0 Å². The molecule has 1 aromatic rings. The number of rotatable bonds is 5. The molecule has 0 aliphatic heterocycles. The van der Waals surface area contributed by atoms with E-state index in [4.69, 9.17) is 0 Å². The Kier molecular flexibility index (Phi) is 5.06. The van der Waals surface area contributed by atoms with Crippen LogP contribution >= 0.6 is 0 Å². The summed E-state index contributed by atoms with van der Waals surface area (Å²) in [4.78, 5) is 0. The van der Waals surface area contributed by atoms with Gasteiger partial charge in [0.1, 0.15) is 0 Å². The standard InChI is InChI=1S/C16H25N/c1-14-7-9-16(10-8-14)13-17-12-11-15-5-3-2-4-6-15/h2-6,14,16-17H,7-13H2,1H3. The van der Waals surface area contributed by atoms with Gasteiger partial charge in [-0.1, -0.05) is 50.1 Å². The van der Waals surface area contributed by atoms with Crippen LogP contribution in [0.4, 0.5) is 0 Å². The molecule has 1 saturated carbocycles. The Morgan fingerprint density at radius 2 is 1.76 bits per heavy atom. The quantitative estimate of drug-likeness (QED) is 0.763. The van der Waals surface area contributed by atoms with Crippen LogP contribution in [-0.4, -0.2) is 13.1 Å². The van der Waals surface area contributed by atoms with Gasteiger partial charge < -0.3 is 5.32 Å². The molecule has 0 atom stereocenters. The summed E-state index contributed by atoms with van der Waals surface area (Å²) in [5.74, 6) is 1.90. The number of hydrogen-bond donors (Lipinski definition) is 1. The molecule has 94 valence electrons. The van der Waals surface area contributed by atoms with Gasteiger partial charge in [-0.05, 0) is 49.8 Å². The van der Waals surface area contributed by atoms with Crippen LogP contribution in [0.3, 0.4) is 0 Å². The highest BCUT2D eigenvalue weighted by Crippen LogP contribution is 2.27. The minimum atomic E-state index is 0.932. The first-order valence-electron chi connectivity index (χ1n) is 7.09. The first-order chi connectivity index (χ1) is 8.34. The third-order valence-corrected chi connectivity index (χ3v) is 4.00. The van der Waals surface area contributed by atoms with E-state index in [0.29, 0.717) is 0 Å². The predicted octanol–water partition coefficient (Wildman–Crippen LogP) is 3.65. The number of nitrogens with one attached hydrogen (secondary N) is 1. The SMILES string of the molecule is CC1CCC(CNCCc2ccccc2)CC1. The highest BCUT2D eigenvalue weighted by atomic mass is 14.9. The summed E-state index contributed by atoms with van der Waals surface area (Å²) in [5, 5.41) is 3.62. The first kappa shape index (κ1) is 12.6. The van der Waals surface area contributed by atoms with Crippen LogP contribution in [0.2, 0.25) is 0 Å². The molecule has 0 amide bonds. The molecule has 0 aromatic heterocycles. The minimum Gasteiger partial charge on any atom is -0.316 e. The van der Waals surface area contributed by atoms with Crippen molar-refractivity contribution in [2.75, 3.05) is 13.1 Å². The highest BCUT2D eigenvalue weighted by molar-refractivity contribution is 5.14. The zero-order valence-electron chi connectivity index (χ0n) is 11.0. The topological polar surface area (TPSA) is 12.0 Å². The normalized spacial score (nSPS) is 24.8. The van der Waals surface area contributed by atoms with E-state index < -0.39 is 0 Å². The van der Waals surface area contributed by atoms with E-state index in [9.17, 15) is 0 Å². The molecule has 1 aliphatic carbocycles. The Morgan fingerprint density at radius 3 is 2.47 bits per heavy atom. The molecule has 1 fully saturated rings. The van der Waals surface area contributed by atoms with Crippen molar-refractivity contribution in [1.82, 2.24) is 5.32 Å². The van der Waals surface area contributed by atoms with E-state index in [2.05, 4.69) is 42.6 Å². The summed E-state index contributed by atoms with van der Waals surface area (Å²) in [5.41, 5.74) is 1.44. The molecule has 1 nitrogen and oxygen atoms in total. The fourth-order valence-corrected chi connectivity index (χ4v) is 2.72. The van der Waals surface area contributed by atoms with E-state index in [0.717, 1.165) is 24.8 Å². The van der Waals surface area contributed by atoms with Gasteiger partial charge in [0.15, 0.2) is 0 Å². The lowest BCUT2D eigenvalue weighted by molar-refractivity contribution is 0.282. The largest absolute Gasteiger partial charge is 0.316 e. The van der Waals surface area contributed by atoms with Gasteiger partial charge in [0.2, 0.25) is 0 Å². The predicted molar refractivity (Wildman–Crippen MR) is 74.1 cm³/mol. The minimum absolute atomic E-state index is 0.932. The van der Waals surface area contributed by atoms with Crippen LogP contribution in [0.25, 0.3) is 0 Å². The second-order valence-electron chi connectivity index (χ2n) is 5.57. The van der Waals surface area contributed by atoms with Crippen molar-refractivity contribution < 1.29 is 0 Å². The Balaban J connectivity index is 1.57. The molecule has 1 aliphatic rings. The van der Waals surface area contributed by atoms with E-state index in [-0.39, 0.29) is 0 Å². The van der Waals surface area contributed by atoms with Gasteiger partial charge in [0.05, 0.1) is 0 Å². The van der Waals surface area contributed by atoms with Crippen LogP contribution in [0.5, 0.6) is 0 Å². The molecule has 1 N–H and O–H groups in total. The van der Waals surface area contributed by atoms with Gasteiger partial charge in [-0.2, -0.15) is 0 Å². The fraction of sp³-hybridized carbons (Fsp3) is 0.625. The summed E-state index contributed by atoms with van der Waals surface area (Å²) in [6, 6.07) is 10.8. The Labute approximate surface area is 106 Å². The summed E-state index contributed by atoms with van der Waals surface area (Å²) in [7, 11) is 0. The molecule has 0 bridgehead atoms. The lowest BCUT2D eigenvalue weighted by Crippen LogP contribution is -2.27. The van der Waals surface area contributed by atoms with Gasteiger partial charge in [-0.25, -0.2) is 0 Å². The summed E-state index contributed by atoms with van der Waals surface area (Å²) in [6.07, 6.45) is 6.89. The van der Waals surface area contributed by atoms with E-state index in [1.807, 2.05) is 0 Å². The molecule has 1 heteroatoms. The Morgan fingerprint density at radius 1 is 1.06 bits per heavy atom. The third kappa shape index (κ3) is 4.51. The van der Waals surface area contributed by atoms with Crippen LogP contribution in [0.1, 0.15) is 38.2 Å². The zero-order valence-corrected chi connectivity index (χ0v) is 11.0. The smallest absolute Gasteiger partial charge is 0.000824 e. The van der Waals surface area contributed by atoms with E-state index in [1.165, 1.54) is 37.8 Å². The molecule has 0 radical (unpaired) electrons. The Bertz CT molecular complexity index is 299. The van der Waals surface area contributed by atoms with Crippen molar-refractivity contribution in [2.45, 2.75) is 39.0 Å². The van der Waals surface area contributed by atoms with Crippen LogP contribution in [-0.2, 0) is 6.42 Å². The highest BCUT2D eigenvalue weighted by Gasteiger charge is 2.17. The van der Waals surface area contributed by atoms with Crippen molar-refractivity contribution in [3.63, 3.8) is 0 Å². The number of benzene rings is 1. The van der Waals surface area contributed by atoms with Crippen LogP contribution in [0, 0.1) is 11.8 Å². The van der Waals surface area contributed by atoms with Crippen molar-refractivity contribution in [3.8, 4) is 0 Å². The van der Waals surface area contributed by atoms with Crippen molar-refractivity contribution >= 4 is 0 Å². The van der Waals surface area contributed by atoms with Crippen LogP contribution < -0.4 is 5.32 Å². The maximum absolute atomic E-state index is 3.62. The average Bonchev–Trinajstić information content (AvgIpc) is 2.38. The number of hydrogen-bond acceptors (Lipinski definition) is 1. The Hall–Kier alpha value is -0.820. The summed E-state index contributed by atoms with van der Waals surface area (Å²) < 4.78 is 0. The monoisotopic (exact) mass is 231 g/mol. The third-order valence-electron chi connectivity index (χ3n) is 4.00. The fourth-order valence-electron chi connectivity index (χ4n) is 2.72. The zero-order chi connectivity index (χ0) is 11.9. The molecule has 0 spiro atoms. The lowest BCUT2D eigenvalue weighted by Gasteiger charge is -2.26.